The molecule has 2 N–H and O–H groups in total. The molecule has 0 aliphatic rings. The molecule has 1 unspecified atom stereocenters. The number of halogens is 1. The molecule has 0 fully saturated rings. The molecule has 2 aromatic rings. The van der Waals surface area contributed by atoms with Gasteiger partial charge in [0.05, 0.1) is 6.20 Å². The Morgan fingerprint density at radius 3 is 2.71 bits per heavy atom. The van der Waals surface area contributed by atoms with Gasteiger partial charge in [0.2, 0.25) is 0 Å². The minimum atomic E-state index is -0.341. The Labute approximate surface area is 99.5 Å². The minimum absolute atomic E-state index is 0.307. The van der Waals surface area contributed by atoms with Crippen LogP contribution >= 0.6 is 0 Å². The average Bonchev–Trinajstić information content (AvgIpc) is 2.38. The Morgan fingerprint density at radius 2 is 2.00 bits per heavy atom. The molecule has 0 saturated heterocycles. The fourth-order valence-electron chi connectivity index (χ4n) is 1.71. The van der Waals surface area contributed by atoms with Crippen molar-refractivity contribution in [2.45, 2.75) is 18.9 Å². The van der Waals surface area contributed by atoms with Crippen LogP contribution in [-0.2, 0) is 6.42 Å². The normalized spacial score (nSPS) is 12.4. The molecule has 4 heteroatoms. The van der Waals surface area contributed by atoms with Gasteiger partial charge in [-0.2, -0.15) is 0 Å². The number of nitrogens with two attached hydrogens (primary N) is 1. The van der Waals surface area contributed by atoms with Gasteiger partial charge in [-0.25, -0.2) is 4.39 Å². The van der Waals surface area contributed by atoms with Crippen molar-refractivity contribution in [2.75, 3.05) is 0 Å². The number of nitrogens with zero attached hydrogens (tertiary/aromatic N) is 2. The van der Waals surface area contributed by atoms with Crippen LogP contribution in [0.5, 0.6) is 0 Å². The standard InChI is InChI=1S/C13H14FN3/c14-12-9-17-7-5-11(12)13(15)4-3-10-2-1-6-16-8-10/h1-2,5-9,13H,3-4,15H2. The van der Waals surface area contributed by atoms with Gasteiger partial charge in [-0.3, -0.25) is 9.97 Å². The van der Waals surface area contributed by atoms with Crippen molar-refractivity contribution in [3.8, 4) is 0 Å². The van der Waals surface area contributed by atoms with Crippen molar-refractivity contribution in [1.82, 2.24) is 9.97 Å². The molecular weight excluding hydrogens is 217 g/mol. The van der Waals surface area contributed by atoms with E-state index in [0.717, 1.165) is 12.0 Å². The highest BCUT2D eigenvalue weighted by atomic mass is 19.1. The Balaban J connectivity index is 1.99. The van der Waals surface area contributed by atoms with Crippen LogP contribution in [0.4, 0.5) is 4.39 Å². The van der Waals surface area contributed by atoms with Gasteiger partial charge >= 0.3 is 0 Å². The van der Waals surface area contributed by atoms with E-state index in [4.69, 9.17) is 5.73 Å². The lowest BCUT2D eigenvalue weighted by molar-refractivity contribution is 0.559. The Kier molecular flexibility index (Phi) is 3.77. The largest absolute Gasteiger partial charge is 0.324 e. The van der Waals surface area contributed by atoms with Crippen LogP contribution in [0.3, 0.4) is 0 Å². The number of hydrogen-bond donors (Lipinski definition) is 1. The summed E-state index contributed by atoms with van der Waals surface area (Å²) < 4.78 is 13.4. The maximum atomic E-state index is 13.4. The fraction of sp³-hybridized carbons (Fsp3) is 0.231. The lowest BCUT2D eigenvalue weighted by atomic mass is 10.0. The Morgan fingerprint density at radius 1 is 1.18 bits per heavy atom. The number of pyridine rings is 2. The molecule has 0 bridgehead atoms. The summed E-state index contributed by atoms with van der Waals surface area (Å²) in [6, 6.07) is 5.19. The molecule has 0 amide bonds. The van der Waals surface area contributed by atoms with E-state index in [1.165, 1.54) is 6.20 Å². The van der Waals surface area contributed by atoms with E-state index < -0.39 is 0 Å². The van der Waals surface area contributed by atoms with Gasteiger partial charge in [0.25, 0.3) is 0 Å². The third-order valence-corrected chi connectivity index (χ3v) is 2.67. The number of aromatic nitrogens is 2. The first-order valence-corrected chi connectivity index (χ1v) is 5.51. The zero-order chi connectivity index (χ0) is 12.1. The summed E-state index contributed by atoms with van der Waals surface area (Å²) >= 11 is 0. The molecule has 0 aliphatic carbocycles. The third-order valence-electron chi connectivity index (χ3n) is 2.67. The molecule has 0 saturated carbocycles. The molecular formula is C13H14FN3. The summed E-state index contributed by atoms with van der Waals surface area (Å²) in [5.41, 5.74) is 7.58. The molecule has 3 nitrogen and oxygen atoms in total. The van der Waals surface area contributed by atoms with Crippen molar-refractivity contribution in [2.24, 2.45) is 5.73 Å². The molecule has 1 atom stereocenters. The average molecular weight is 231 g/mol. The summed E-state index contributed by atoms with van der Waals surface area (Å²) in [6.07, 6.45) is 7.76. The van der Waals surface area contributed by atoms with Gasteiger partial charge in [0.15, 0.2) is 0 Å². The quantitative estimate of drug-likeness (QED) is 0.878. The molecule has 0 aliphatic heterocycles. The second-order valence-electron chi connectivity index (χ2n) is 3.90. The van der Waals surface area contributed by atoms with Crippen LogP contribution in [0.25, 0.3) is 0 Å². The van der Waals surface area contributed by atoms with Gasteiger partial charge < -0.3 is 5.73 Å². The summed E-state index contributed by atoms with van der Waals surface area (Å²) in [7, 11) is 0. The monoisotopic (exact) mass is 231 g/mol. The fourth-order valence-corrected chi connectivity index (χ4v) is 1.71. The van der Waals surface area contributed by atoms with Crippen molar-refractivity contribution >= 4 is 0 Å². The number of hydrogen-bond acceptors (Lipinski definition) is 3. The van der Waals surface area contributed by atoms with Crippen LogP contribution in [0.2, 0.25) is 0 Å². The SMILES string of the molecule is NC(CCc1cccnc1)c1ccncc1F. The number of aryl methyl sites for hydroxylation is 1. The molecule has 88 valence electrons. The lowest BCUT2D eigenvalue weighted by Gasteiger charge is -2.12. The van der Waals surface area contributed by atoms with E-state index in [9.17, 15) is 4.39 Å². The van der Waals surface area contributed by atoms with Crippen LogP contribution in [-0.4, -0.2) is 9.97 Å². The van der Waals surface area contributed by atoms with Crippen LogP contribution < -0.4 is 5.73 Å². The van der Waals surface area contributed by atoms with Crippen LogP contribution in [0, 0.1) is 5.82 Å². The highest BCUT2D eigenvalue weighted by molar-refractivity contribution is 5.18. The van der Waals surface area contributed by atoms with Crippen molar-refractivity contribution in [3.63, 3.8) is 0 Å². The lowest BCUT2D eigenvalue weighted by Crippen LogP contribution is -2.13. The highest BCUT2D eigenvalue weighted by Crippen LogP contribution is 2.18. The predicted molar refractivity (Wildman–Crippen MR) is 63.7 cm³/mol. The molecule has 2 rings (SSSR count). The van der Waals surface area contributed by atoms with Crippen molar-refractivity contribution < 1.29 is 4.39 Å². The Bertz CT molecular complexity index is 473. The van der Waals surface area contributed by atoms with Crippen molar-refractivity contribution in [1.29, 1.82) is 0 Å². The topological polar surface area (TPSA) is 51.8 Å². The van der Waals surface area contributed by atoms with Gasteiger partial charge in [-0.05, 0) is 30.5 Å². The molecule has 0 radical (unpaired) electrons. The molecule has 0 spiro atoms. The summed E-state index contributed by atoms with van der Waals surface area (Å²) in [6.45, 7) is 0. The van der Waals surface area contributed by atoms with Gasteiger partial charge in [-0.1, -0.05) is 6.07 Å². The third kappa shape index (κ3) is 3.07. The molecule has 2 heterocycles. The van der Waals surface area contributed by atoms with E-state index in [-0.39, 0.29) is 11.9 Å². The zero-order valence-electron chi connectivity index (χ0n) is 9.38. The smallest absolute Gasteiger partial charge is 0.146 e. The second kappa shape index (κ2) is 5.50. The maximum Gasteiger partial charge on any atom is 0.146 e. The van der Waals surface area contributed by atoms with E-state index in [0.29, 0.717) is 12.0 Å². The minimum Gasteiger partial charge on any atom is -0.324 e. The first kappa shape index (κ1) is 11.7. The van der Waals surface area contributed by atoms with Gasteiger partial charge in [0.1, 0.15) is 5.82 Å². The van der Waals surface area contributed by atoms with E-state index in [1.54, 1.807) is 24.7 Å². The highest BCUT2D eigenvalue weighted by Gasteiger charge is 2.10. The molecule has 17 heavy (non-hydrogen) atoms. The first-order valence-electron chi connectivity index (χ1n) is 5.51. The summed E-state index contributed by atoms with van der Waals surface area (Å²) in [4.78, 5) is 7.73. The van der Waals surface area contributed by atoms with Crippen molar-refractivity contribution in [3.05, 3.63) is 59.9 Å². The van der Waals surface area contributed by atoms with E-state index >= 15 is 0 Å². The molecule has 2 aromatic heterocycles. The van der Waals surface area contributed by atoms with Crippen LogP contribution in [0.15, 0.2) is 43.0 Å². The summed E-state index contributed by atoms with van der Waals surface area (Å²) in [5.74, 6) is -0.341. The number of rotatable bonds is 4. The zero-order valence-corrected chi connectivity index (χ0v) is 9.38. The maximum absolute atomic E-state index is 13.4. The summed E-state index contributed by atoms with van der Waals surface area (Å²) in [5, 5.41) is 0. The Hall–Kier alpha value is -1.81. The van der Waals surface area contributed by atoms with E-state index in [2.05, 4.69) is 9.97 Å². The first-order chi connectivity index (χ1) is 8.27. The van der Waals surface area contributed by atoms with Gasteiger partial charge in [0, 0.05) is 30.2 Å². The predicted octanol–water partition coefficient (Wildman–Crippen LogP) is 2.25. The second-order valence-corrected chi connectivity index (χ2v) is 3.90. The van der Waals surface area contributed by atoms with E-state index in [1.807, 2.05) is 12.1 Å². The molecule has 0 aromatic carbocycles. The van der Waals surface area contributed by atoms with Crippen LogP contribution in [0.1, 0.15) is 23.6 Å². The van der Waals surface area contributed by atoms with Gasteiger partial charge in [-0.15, -0.1) is 0 Å².